The van der Waals surface area contributed by atoms with Crippen molar-refractivity contribution in [3.05, 3.63) is 69.7 Å². The zero-order chi connectivity index (χ0) is 26.9. The molecule has 39 heavy (non-hydrogen) atoms. The maximum atomic E-state index is 13.1. The molecule has 7 nitrogen and oxygen atoms in total. The molecule has 0 saturated carbocycles. The second kappa shape index (κ2) is 13.9. The van der Waals surface area contributed by atoms with E-state index in [4.69, 9.17) is 4.98 Å². The Kier molecular flexibility index (Phi) is 9.83. The molecule has 8 heteroatoms. The van der Waals surface area contributed by atoms with Crippen LogP contribution in [0, 0.1) is 0 Å². The summed E-state index contributed by atoms with van der Waals surface area (Å²) in [6.45, 7) is 6.31. The van der Waals surface area contributed by atoms with Crippen LogP contribution in [0.15, 0.2) is 53.4 Å². The number of benzene rings is 1. The van der Waals surface area contributed by atoms with Crippen LogP contribution in [0.2, 0.25) is 0 Å². The number of amides is 3. The third kappa shape index (κ3) is 7.79. The standard InChI is InChI=1S/C31H41N5O2S/c37-30(35-22-20-34(21-23-35)17-7-12-25-8-3-1-4-9-25)28-24-39-29(33-28)27-14-18-36(19-15-27)31(38)32-16-13-26-10-5-2-6-11-26/h1,3-4,7-10,12,24,27H,2,5-6,11,13-23H2,(H,32,38). The molecule has 3 amide bonds. The number of allylic oxidation sites excluding steroid dienone is 1. The van der Waals surface area contributed by atoms with E-state index in [1.165, 1.54) is 36.8 Å². The summed E-state index contributed by atoms with van der Waals surface area (Å²) in [4.78, 5) is 36.8. The lowest BCUT2D eigenvalue weighted by atomic mass is 9.97. The van der Waals surface area contributed by atoms with Crippen LogP contribution < -0.4 is 5.32 Å². The van der Waals surface area contributed by atoms with Gasteiger partial charge in [0.15, 0.2) is 0 Å². The van der Waals surface area contributed by atoms with Gasteiger partial charge in [-0.05, 0) is 50.5 Å². The topological polar surface area (TPSA) is 68.8 Å². The second-order valence-electron chi connectivity index (χ2n) is 10.8. The summed E-state index contributed by atoms with van der Waals surface area (Å²) in [5.41, 5.74) is 3.28. The lowest BCUT2D eigenvalue weighted by Gasteiger charge is -2.33. The van der Waals surface area contributed by atoms with Crippen LogP contribution in [0.1, 0.15) is 71.9 Å². The number of likely N-dealkylation sites (tertiary alicyclic amines) is 1. The Morgan fingerprint density at radius 1 is 1.00 bits per heavy atom. The molecule has 0 spiro atoms. The SMILES string of the molecule is O=C(NCCC1=CCCCC1)N1CCC(c2nc(C(=O)N3CCN(CC=Cc4ccccc4)CC3)cs2)CC1. The molecule has 1 aromatic carbocycles. The minimum atomic E-state index is 0.0434. The lowest BCUT2D eigenvalue weighted by molar-refractivity contribution is 0.0645. The van der Waals surface area contributed by atoms with Crippen molar-refractivity contribution in [2.75, 3.05) is 52.4 Å². The van der Waals surface area contributed by atoms with Crippen molar-refractivity contribution < 1.29 is 9.59 Å². The molecule has 1 aromatic heterocycles. The molecule has 0 radical (unpaired) electrons. The molecule has 1 aliphatic carbocycles. The van der Waals surface area contributed by atoms with Crippen molar-refractivity contribution in [1.29, 1.82) is 0 Å². The van der Waals surface area contributed by atoms with Crippen LogP contribution in [0.25, 0.3) is 6.08 Å². The first-order valence-electron chi connectivity index (χ1n) is 14.5. The molecule has 2 aliphatic heterocycles. The van der Waals surface area contributed by atoms with Gasteiger partial charge >= 0.3 is 6.03 Å². The summed E-state index contributed by atoms with van der Waals surface area (Å²) in [6, 6.07) is 10.4. The van der Waals surface area contributed by atoms with Gasteiger partial charge in [-0.2, -0.15) is 0 Å². The fourth-order valence-corrected chi connectivity index (χ4v) is 6.64. The Bertz CT molecular complexity index is 1140. The Labute approximate surface area is 236 Å². The number of piperazine rings is 1. The molecule has 2 fully saturated rings. The van der Waals surface area contributed by atoms with Crippen LogP contribution in [0.5, 0.6) is 0 Å². The van der Waals surface area contributed by atoms with E-state index in [1.54, 1.807) is 11.3 Å². The molecule has 0 bridgehead atoms. The number of thiazole rings is 1. The number of rotatable bonds is 8. The van der Waals surface area contributed by atoms with Gasteiger partial charge in [-0.25, -0.2) is 9.78 Å². The van der Waals surface area contributed by atoms with Crippen LogP contribution in [-0.4, -0.2) is 84.0 Å². The van der Waals surface area contributed by atoms with Gasteiger partial charge in [0.05, 0.1) is 5.01 Å². The normalized spacial score (nSPS) is 19.3. The molecule has 0 unspecified atom stereocenters. The molecule has 5 rings (SSSR count). The average Bonchev–Trinajstić information content (AvgIpc) is 3.49. The molecular weight excluding hydrogens is 506 g/mol. The minimum Gasteiger partial charge on any atom is -0.338 e. The summed E-state index contributed by atoms with van der Waals surface area (Å²) < 4.78 is 0. The number of hydrogen-bond acceptors (Lipinski definition) is 5. The van der Waals surface area contributed by atoms with Crippen LogP contribution in [-0.2, 0) is 0 Å². The summed E-state index contributed by atoms with van der Waals surface area (Å²) in [5.74, 6) is 0.364. The number of aromatic nitrogens is 1. The molecule has 3 heterocycles. The average molecular weight is 548 g/mol. The van der Waals surface area contributed by atoms with Crippen molar-refractivity contribution in [2.24, 2.45) is 0 Å². The summed E-state index contributed by atoms with van der Waals surface area (Å²) in [5, 5.41) is 6.06. The number of carbonyl (C=O) groups is 2. The highest BCUT2D eigenvalue weighted by Crippen LogP contribution is 2.31. The molecule has 2 aromatic rings. The van der Waals surface area contributed by atoms with Gasteiger partial charge in [-0.3, -0.25) is 9.69 Å². The van der Waals surface area contributed by atoms with E-state index in [9.17, 15) is 9.59 Å². The van der Waals surface area contributed by atoms with Crippen LogP contribution in [0.4, 0.5) is 4.79 Å². The first-order chi connectivity index (χ1) is 19.2. The Hall–Kier alpha value is -2.97. The van der Waals surface area contributed by atoms with Gasteiger partial charge in [0.25, 0.3) is 5.91 Å². The van der Waals surface area contributed by atoms with Crippen molar-refractivity contribution in [3.8, 4) is 0 Å². The fraction of sp³-hybridized carbons (Fsp3) is 0.516. The Morgan fingerprint density at radius 2 is 1.79 bits per heavy atom. The smallest absolute Gasteiger partial charge is 0.317 e. The first-order valence-corrected chi connectivity index (χ1v) is 15.4. The predicted molar refractivity (Wildman–Crippen MR) is 158 cm³/mol. The third-order valence-electron chi connectivity index (χ3n) is 8.11. The van der Waals surface area contributed by atoms with Gasteiger partial charge < -0.3 is 15.1 Å². The molecule has 2 saturated heterocycles. The van der Waals surface area contributed by atoms with Crippen molar-refractivity contribution in [1.82, 2.24) is 25.0 Å². The predicted octanol–water partition coefficient (Wildman–Crippen LogP) is 5.39. The molecule has 208 valence electrons. The number of carbonyl (C=O) groups excluding carboxylic acids is 2. The monoisotopic (exact) mass is 547 g/mol. The van der Waals surface area contributed by atoms with Crippen LogP contribution in [0.3, 0.4) is 0 Å². The second-order valence-corrected chi connectivity index (χ2v) is 11.7. The third-order valence-corrected chi connectivity index (χ3v) is 9.12. The van der Waals surface area contributed by atoms with E-state index in [2.05, 4.69) is 40.6 Å². The molecule has 3 aliphatic rings. The maximum Gasteiger partial charge on any atom is 0.317 e. The van der Waals surface area contributed by atoms with Gasteiger partial charge in [0, 0.05) is 63.7 Å². The van der Waals surface area contributed by atoms with Crippen molar-refractivity contribution >= 4 is 29.4 Å². The molecular formula is C31H41N5O2S. The Morgan fingerprint density at radius 3 is 2.54 bits per heavy atom. The van der Waals surface area contributed by atoms with Crippen molar-refractivity contribution in [2.45, 2.75) is 50.9 Å². The van der Waals surface area contributed by atoms with Crippen molar-refractivity contribution in [3.63, 3.8) is 0 Å². The highest BCUT2D eigenvalue weighted by atomic mass is 32.1. The summed E-state index contributed by atoms with van der Waals surface area (Å²) >= 11 is 1.59. The highest BCUT2D eigenvalue weighted by molar-refractivity contribution is 7.09. The number of urea groups is 1. The number of hydrogen-bond donors (Lipinski definition) is 1. The van der Waals surface area contributed by atoms with Crippen LogP contribution >= 0.6 is 11.3 Å². The number of piperidine rings is 1. The van der Waals surface area contributed by atoms with Gasteiger partial charge in [-0.1, -0.05) is 54.1 Å². The zero-order valence-corrected chi connectivity index (χ0v) is 23.7. The summed E-state index contributed by atoms with van der Waals surface area (Å²) in [6.07, 6.45) is 14.4. The van der Waals surface area contributed by atoms with E-state index >= 15 is 0 Å². The zero-order valence-electron chi connectivity index (χ0n) is 22.9. The van der Waals surface area contributed by atoms with Gasteiger partial charge in [-0.15, -0.1) is 11.3 Å². The van der Waals surface area contributed by atoms with Gasteiger partial charge in [0.2, 0.25) is 0 Å². The summed E-state index contributed by atoms with van der Waals surface area (Å²) in [7, 11) is 0. The first kappa shape index (κ1) is 27.6. The van der Waals surface area contributed by atoms with E-state index < -0.39 is 0 Å². The maximum absolute atomic E-state index is 13.1. The van der Waals surface area contributed by atoms with E-state index in [1.807, 2.05) is 33.4 Å². The van der Waals surface area contributed by atoms with E-state index in [-0.39, 0.29) is 11.9 Å². The largest absolute Gasteiger partial charge is 0.338 e. The number of nitrogens with one attached hydrogen (secondary N) is 1. The fourth-order valence-electron chi connectivity index (χ4n) is 5.67. The quantitative estimate of drug-likeness (QED) is 0.450. The Balaban J connectivity index is 1.02. The van der Waals surface area contributed by atoms with Gasteiger partial charge in [0.1, 0.15) is 5.69 Å². The minimum absolute atomic E-state index is 0.0434. The van der Waals surface area contributed by atoms with E-state index in [0.717, 1.165) is 76.6 Å². The highest BCUT2D eigenvalue weighted by Gasteiger charge is 2.28. The molecule has 1 N–H and O–H groups in total. The van der Waals surface area contributed by atoms with E-state index in [0.29, 0.717) is 11.6 Å². The number of nitrogens with zero attached hydrogens (tertiary/aromatic N) is 4. The molecule has 0 atom stereocenters. The lowest BCUT2D eigenvalue weighted by Crippen LogP contribution is -2.48.